The number of anilines is 1. The molecule has 0 aromatic heterocycles. The van der Waals surface area contributed by atoms with E-state index in [-0.39, 0.29) is 24.1 Å². The maximum Gasteiger partial charge on any atom is 0.243 e. The van der Waals surface area contributed by atoms with E-state index in [1.807, 2.05) is 0 Å². The predicted octanol–water partition coefficient (Wildman–Crippen LogP) is 1.49. The number of aliphatic hydroxyl groups excluding tert-OH is 1. The highest BCUT2D eigenvalue weighted by atomic mass is 79.9. The molecule has 0 unspecified atom stereocenters. The van der Waals surface area contributed by atoms with Gasteiger partial charge in [0.2, 0.25) is 10.0 Å². The molecule has 2 rings (SSSR count). The Bertz CT molecular complexity index is 585. The minimum atomic E-state index is -3.61. The highest BCUT2D eigenvalue weighted by molar-refractivity contribution is 9.10. The van der Waals surface area contributed by atoms with Crippen LogP contribution in [0.25, 0.3) is 0 Å². The number of benzene rings is 1. The highest BCUT2D eigenvalue weighted by Gasteiger charge is 2.38. The van der Waals surface area contributed by atoms with Gasteiger partial charge in [0.1, 0.15) is 0 Å². The lowest BCUT2D eigenvalue weighted by Gasteiger charge is -2.22. The summed E-state index contributed by atoms with van der Waals surface area (Å²) in [4.78, 5) is 0.208. The van der Waals surface area contributed by atoms with Crippen LogP contribution in [0.1, 0.15) is 18.4 Å². The van der Waals surface area contributed by atoms with Crippen molar-refractivity contribution in [3.63, 3.8) is 0 Å². The van der Waals surface area contributed by atoms with Crippen LogP contribution in [0.15, 0.2) is 21.5 Å². The lowest BCUT2D eigenvalue weighted by Crippen LogP contribution is -2.36. The molecule has 1 saturated carbocycles. The van der Waals surface area contributed by atoms with Crippen molar-refractivity contribution in [1.82, 2.24) is 4.31 Å². The molecule has 3 N–H and O–H groups in total. The average molecular weight is 349 g/mol. The fraction of sp³-hybridized carbons (Fsp3) is 0.500. The number of hydrogen-bond acceptors (Lipinski definition) is 4. The van der Waals surface area contributed by atoms with E-state index in [1.54, 1.807) is 19.1 Å². The molecule has 19 heavy (non-hydrogen) atoms. The number of nitrogens with two attached hydrogens (primary N) is 1. The molecule has 0 atom stereocenters. The Kier molecular flexibility index (Phi) is 4.20. The summed E-state index contributed by atoms with van der Waals surface area (Å²) < 4.78 is 27.3. The summed E-state index contributed by atoms with van der Waals surface area (Å²) in [6.45, 7) is 1.63. The summed E-state index contributed by atoms with van der Waals surface area (Å²) in [7, 11) is -3.61. The molecular formula is C12H17BrN2O3S. The van der Waals surface area contributed by atoms with Gasteiger partial charge in [-0.05, 0) is 37.5 Å². The Morgan fingerprint density at radius 2 is 2.11 bits per heavy atom. The van der Waals surface area contributed by atoms with E-state index in [4.69, 9.17) is 10.8 Å². The number of hydrogen-bond donors (Lipinski definition) is 2. The number of aliphatic hydroxyl groups is 1. The molecule has 1 aliphatic rings. The molecule has 7 heteroatoms. The zero-order chi connectivity index (χ0) is 14.2. The molecule has 5 nitrogen and oxygen atoms in total. The summed E-state index contributed by atoms with van der Waals surface area (Å²) in [5.41, 5.74) is 6.81. The number of sulfonamides is 1. The van der Waals surface area contributed by atoms with Crippen LogP contribution in [0.4, 0.5) is 5.69 Å². The van der Waals surface area contributed by atoms with Gasteiger partial charge in [-0.1, -0.05) is 15.9 Å². The topological polar surface area (TPSA) is 83.6 Å². The SMILES string of the molecule is Cc1c(N)cc(Br)cc1S(=O)(=O)N(CCO)C1CC1. The second-order valence-corrected chi connectivity index (χ2v) is 7.46. The fourth-order valence-corrected chi connectivity index (χ4v) is 4.61. The lowest BCUT2D eigenvalue weighted by molar-refractivity contribution is 0.250. The first-order valence-corrected chi connectivity index (χ1v) is 8.29. The van der Waals surface area contributed by atoms with Crippen LogP contribution in [-0.4, -0.2) is 37.0 Å². The van der Waals surface area contributed by atoms with E-state index in [9.17, 15) is 8.42 Å². The molecule has 1 aromatic carbocycles. The molecule has 0 radical (unpaired) electrons. The molecule has 1 aromatic rings. The smallest absolute Gasteiger partial charge is 0.243 e. The van der Waals surface area contributed by atoms with Crippen molar-refractivity contribution in [3.8, 4) is 0 Å². The van der Waals surface area contributed by atoms with Gasteiger partial charge < -0.3 is 10.8 Å². The van der Waals surface area contributed by atoms with Crippen LogP contribution in [0, 0.1) is 6.92 Å². The Morgan fingerprint density at radius 3 is 2.63 bits per heavy atom. The molecular weight excluding hydrogens is 332 g/mol. The normalized spacial score (nSPS) is 16.0. The molecule has 106 valence electrons. The minimum absolute atomic E-state index is 0.0109. The second-order valence-electron chi connectivity index (χ2n) is 4.69. The monoisotopic (exact) mass is 348 g/mol. The van der Waals surface area contributed by atoms with Crippen molar-refractivity contribution >= 4 is 31.6 Å². The Balaban J connectivity index is 2.49. The van der Waals surface area contributed by atoms with E-state index in [1.165, 1.54) is 4.31 Å². The first-order valence-electron chi connectivity index (χ1n) is 6.06. The first kappa shape index (κ1) is 14.8. The summed E-state index contributed by atoms with van der Waals surface area (Å²) in [6.07, 6.45) is 1.70. The Labute approximate surface area is 121 Å². The fourth-order valence-electron chi connectivity index (χ4n) is 2.03. The Morgan fingerprint density at radius 1 is 1.47 bits per heavy atom. The van der Waals surface area contributed by atoms with Crippen LogP contribution < -0.4 is 5.73 Å². The van der Waals surface area contributed by atoms with Gasteiger partial charge in [-0.3, -0.25) is 0 Å². The summed E-state index contributed by atoms with van der Waals surface area (Å²) >= 11 is 3.27. The van der Waals surface area contributed by atoms with Crippen LogP contribution >= 0.6 is 15.9 Å². The molecule has 0 amide bonds. The molecule has 1 aliphatic carbocycles. The average Bonchev–Trinajstić information content (AvgIpc) is 3.14. The van der Waals surface area contributed by atoms with E-state index in [0.29, 0.717) is 15.7 Å². The van der Waals surface area contributed by atoms with Crippen LogP contribution in [0.3, 0.4) is 0 Å². The van der Waals surface area contributed by atoms with Gasteiger partial charge in [0.25, 0.3) is 0 Å². The molecule has 0 aliphatic heterocycles. The number of nitrogens with zero attached hydrogens (tertiary/aromatic N) is 1. The summed E-state index contributed by atoms with van der Waals surface area (Å²) in [5, 5.41) is 9.06. The third-order valence-corrected chi connectivity index (χ3v) is 5.76. The number of halogens is 1. The predicted molar refractivity (Wildman–Crippen MR) is 77.3 cm³/mol. The van der Waals surface area contributed by atoms with E-state index < -0.39 is 10.0 Å². The van der Waals surface area contributed by atoms with Gasteiger partial charge >= 0.3 is 0 Å². The van der Waals surface area contributed by atoms with Crippen molar-refractivity contribution in [2.24, 2.45) is 0 Å². The third-order valence-electron chi connectivity index (χ3n) is 3.23. The maximum atomic E-state index is 12.7. The molecule has 0 spiro atoms. The van der Waals surface area contributed by atoms with E-state index >= 15 is 0 Å². The zero-order valence-corrected chi connectivity index (χ0v) is 13.0. The molecule has 1 fully saturated rings. The van der Waals surface area contributed by atoms with Gasteiger partial charge in [0, 0.05) is 22.7 Å². The lowest BCUT2D eigenvalue weighted by atomic mass is 10.2. The van der Waals surface area contributed by atoms with Gasteiger partial charge in [-0.2, -0.15) is 4.31 Å². The van der Waals surface area contributed by atoms with E-state index in [0.717, 1.165) is 12.8 Å². The van der Waals surface area contributed by atoms with Crippen molar-refractivity contribution < 1.29 is 13.5 Å². The largest absolute Gasteiger partial charge is 0.398 e. The first-order chi connectivity index (χ1) is 8.87. The van der Waals surface area contributed by atoms with Crippen molar-refractivity contribution in [1.29, 1.82) is 0 Å². The Hall–Kier alpha value is -0.630. The van der Waals surface area contributed by atoms with Gasteiger partial charge in [0.05, 0.1) is 11.5 Å². The zero-order valence-electron chi connectivity index (χ0n) is 10.6. The van der Waals surface area contributed by atoms with Gasteiger partial charge in [-0.15, -0.1) is 0 Å². The highest BCUT2D eigenvalue weighted by Crippen LogP contribution is 2.34. The van der Waals surface area contributed by atoms with Crippen molar-refractivity contribution in [2.75, 3.05) is 18.9 Å². The minimum Gasteiger partial charge on any atom is -0.398 e. The van der Waals surface area contributed by atoms with Crippen LogP contribution in [-0.2, 0) is 10.0 Å². The van der Waals surface area contributed by atoms with Crippen LogP contribution in [0.5, 0.6) is 0 Å². The molecule has 0 saturated heterocycles. The number of rotatable bonds is 5. The second kappa shape index (κ2) is 5.40. The van der Waals surface area contributed by atoms with Gasteiger partial charge in [0.15, 0.2) is 0 Å². The molecule has 0 bridgehead atoms. The maximum absolute atomic E-state index is 12.7. The van der Waals surface area contributed by atoms with Crippen molar-refractivity contribution in [2.45, 2.75) is 30.7 Å². The van der Waals surface area contributed by atoms with Crippen LogP contribution in [0.2, 0.25) is 0 Å². The van der Waals surface area contributed by atoms with E-state index in [2.05, 4.69) is 15.9 Å². The summed E-state index contributed by atoms with van der Waals surface area (Å²) in [6, 6.07) is 3.26. The summed E-state index contributed by atoms with van der Waals surface area (Å²) in [5.74, 6) is 0. The van der Waals surface area contributed by atoms with Crippen molar-refractivity contribution in [3.05, 3.63) is 22.2 Å². The quantitative estimate of drug-likeness (QED) is 0.789. The number of nitrogen functional groups attached to an aromatic ring is 1. The van der Waals surface area contributed by atoms with Gasteiger partial charge in [-0.25, -0.2) is 8.42 Å². The third kappa shape index (κ3) is 2.94. The molecule has 0 heterocycles. The standard InChI is InChI=1S/C12H17BrN2O3S/c1-8-11(14)6-9(13)7-12(8)19(17,18)15(4-5-16)10-2-3-10/h6-7,10,16H,2-5,14H2,1H3.